The fourth-order valence-electron chi connectivity index (χ4n) is 3.09. The third-order valence-corrected chi connectivity index (χ3v) is 5.86. The molecule has 0 aliphatic rings. The second kappa shape index (κ2) is 8.24. The molecule has 0 fully saturated rings. The minimum absolute atomic E-state index is 0.172. The molecule has 0 atom stereocenters. The molecule has 0 aliphatic carbocycles. The standard InChI is InChI=1S/C23H19N3O2S/c1-15-19-10-2-3-11-20(19)29-21(15)23(28)26-17-9-6-7-16(13-17)22(27)25-14-18-8-4-5-12-24-18/h2-13H,14H2,1H3,(H,25,27)(H,26,28). The third-order valence-electron chi connectivity index (χ3n) is 4.59. The van der Waals surface area contributed by atoms with Crippen LogP contribution in [0.3, 0.4) is 0 Å². The summed E-state index contributed by atoms with van der Waals surface area (Å²) in [4.78, 5) is 30.1. The number of fused-ring (bicyclic) bond motifs is 1. The number of nitrogens with zero attached hydrogens (tertiary/aromatic N) is 1. The predicted octanol–water partition coefficient (Wildman–Crippen LogP) is 4.79. The summed E-state index contributed by atoms with van der Waals surface area (Å²) >= 11 is 1.47. The van der Waals surface area contributed by atoms with E-state index < -0.39 is 0 Å². The summed E-state index contributed by atoms with van der Waals surface area (Å²) in [7, 11) is 0. The molecule has 2 heterocycles. The van der Waals surface area contributed by atoms with Crippen LogP contribution < -0.4 is 10.6 Å². The Bertz CT molecular complexity index is 1190. The highest BCUT2D eigenvalue weighted by molar-refractivity contribution is 7.21. The summed E-state index contributed by atoms with van der Waals surface area (Å²) in [5, 5.41) is 6.84. The molecule has 0 saturated heterocycles. The highest BCUT2D eigenvalue weighted by atomic mass is 32.1. The fraction of sp³-hybridized carbons (Fsp3) is 0.0870. The van der Waals surface area contributed by atoms with E-state index in [1.807, 2.05) is 49.4 Å². The van der Waals surface area contributed by atoms with Gasteiger partial charge in [-0.1, -0.05) is 30.3 Å². The highest BCUT2D eigenvalue weighted by Gasteiger charge is 2.16. The van der Waals surface area contributed by atoms with E-state index in [1.54, 1.807) is 30.5 Å². The van der Waals surface area contributed by atoms with Crippen molar-refractivity contribution in [3.05, 3.63) is 94.6 Å². The lowest BCUT2D eigenvalue weighted by Crippen LogP contribution is -2.23. The Kier molecular flexibility index (Phi) is 5.35. The van der Waals surface area contributed by atoms with E-state index in [0.717, 1.165) is 21.3 Å². The van der Waals surface area contributed by atoms with Gasteiger partial charge in [0.2, 0.25) is 0 Å². The molecule has 0 unspecified atom stereocenters. The van der Waals surface area contributed by atoms with Crippen LogP contribution in [0.15, 0.2) is 72.9 Å². The summed E-state index contributed by atoms with van der Waals surface area (Å²) in [5.41, 5.74) is 2.81. The van der Waals surface area contributed by atoms with Gasteiger partial charge in [-0.3, -0.25) is 14.6 Å². The van der Waals surface area contributed by atoms with Gasteiger partial charge in [0.25, 0.3) is 11.8 Å². The molecule has 2 aromatic heterocycles. The number of anilines is 1. The lowest BCUT2D eigenvalue weighted by Gasteiger charge is -2.08. The van der Waals surface area contributed by atoms with Gasteiger partial charge < -0.3 is 10.6 Å². The predicted molar refractivity (Wildman–Crippen MR) is 116 cm³/mol. The lowest BCUT2D eigenvalue weighted by molar-refractivity contribution is 0.0949. The van der Waals surface area contributed by atoms with Gasteiger partial charge in [0.1, 0.15) is 0 Å². The van der Waals surface area contributed by atoms with Crippen molar-refractivity contribution < 1.29 is 9.59 Å². The van der Waals surface area contributed by atoms with Crippen molar-refractivity contribution in [3.63, 3.8) is 0 Å². The number of carbonyl (C=O) groups excluding carboxylic acids is 2. The van der Waals surface area contributed by atoms with Crippen molar-refractivity contribution in [2.24, 2.45) is 0 Å². The van der Waals surface area contributed by atoms with E-state index in [2.05, 4.69) is 15.6 Å². The molecule has 0 radical (unpaired) electrons. The zero-order valence-electron chi connectivity index (χ0n) is 15.8. The van der Waals surface area contributed by atoms with Gasteiger partial charge in [-0.2, -0.15) is 0 Å². The number of aromatic nitrogens is 1. The highest BCUT2D eigenvalue weighted by Crippen LogP contribution is 2.31. The quantitative estimate of drug-likeness (QED) is 0.505. The molecular weight excluding hydrogens is 382 g/mol. The van der Waals surface area contributed by atoms with E-state index in [9.17, 15) is 9.59 Å². The second-order valence-electron chi connectivity index (χ2n) is 6.59. The first-order chi connectivity index (χ1) is 14.1. The smallest absolute Gasteiger partial charge is 0.266 e. The molecule has 0 spiro atoms. The number of amides is 2. The van der Waals surface area contributed by atoms with Gasteiger partial charge >= 0.3 is 0 Å². The van der Waals surface area contributed by atoms with E-state index >= 15 is 0 Å². The van der Waals surface area contributed by atoms with Crippen LogP contribution in [0.25, 0.3) is 10.1 Å². The summed E-state index contributed by atoms with van der Waals surface area (Å²) in [6.07, 6.45) is 1.69. The van der Waals surface area contributed by atoms with Crippen molar-refractivity contribution in [1.29, 1.82) is 0 Å². The summed E-state index contributed by atoms with van der Waals surface area (Å²) in [6, 6.07) is 20.4. The van der Waals surface area contributed by atoms with Crippen LogP contribution in [-0.2, 0) is 6.54 Å². The molecule has 144 valence electrons. The molecule has 29 heavy (non-hydrogen) atoms. The van der Waals surface area contributed by atoms with Crippen LogP contribution in [0, 0.1) is 6.92 Å². The molecule has 5 nitrogen and oxygen atoms in total. The fourth-order valence-corrected chi connectivity index (χ4v) is 4.20. The summed E-state index contributed by atoms with van der Waals surface area (Å²) in [6.45, 7) is 2.30. The summed E-state index contributed by atoms with van der Waals surface area (Å²) < 4.78 is 1.08. The van der Waals surface area contributed by atoms with Gasteiger partial charge in [-0.05, 0) is 54.3 Å². The Balaban J connectivity index is 1.47. The van der Waals surface area contributed by atoms with E-state index in [4.69, 9.17) is 0 Å². The Labute approximate surface area is 172 Å². The number of nitrogens with one attached hydrogen (secondary N) is 2. The molecule has 0 bridgehead atoms. The Morgan fingerprint density at radius 3 is 2.59 bits per heavy atom. The second-order valence-corrected chi connectivity index (χ2v) is 7.64. The number of benzene rings is 2. The molecule has 4 rings (SSSR count). The van der Waals surface area contributed by atoms with Crippen LogP contribution in [-0.4, -0.2) is 16.8 Å². The van der Waals surface area contributed by atoms with Crippen molar-refractivity contribution in [2.75, 3.05) is 5.32 Å². The maximum atomic E-state index is 12.8. The Morgan fingerprint density at radius 1 is 0.966 bits per heavy atom. The first-order valence-electron chi connectivity index (χ1n) is 9.19. The first-order valence-corrected chi connectivity index (χ1v) is 10.0. The minimum atomic E-state index is -0.218. The molecular formula is C23H19N3O2S. The van der Waals surface area contributed by atoms with Gasteiger partial charge in [0, 0.05) is 22.1 Å². The average molecular weight is 401 g/mol. The SMILES string of the molecule is Cc1c(C(=O)Nc2cccc(C(=O)NCc3ccccn3)c2)sc2ccccc12. The van der Waals surface area contributed by atoms with Crippen LogP contribution in [0.5, 0.6) is 0 Å². The summed E-state index contributed by atoms with van der Waals surface area (Å²) in [5.74, 6) is -0.389. The van der Waals surface area contributed by atoms with Gasteiger partial charge in [-0.15, -0.1) is 11.3 Å². The number of hydrogen-bond donors (Lipinski definition) is 2. The van der Waals surface area contributed by atoms with Gasteiger partial charge in [-0.25, -0.2) is 0 Å². The van der Waals surface area contributed by atoms with Crippen LogP contribution >= 0.6 is 11.3 Å². The molecule has 0 saturated carbocycles. The molecule has 2 amide bonds. The third kappa shape index (κ3) is 4.17. The number of rotatable bonds is 5. The molecule has 6 heteroatoms. The molecule has 0 aliphatic heterocycles. The Hall–Kier alpha value is -3.51. The number of pyridine rings is 1. The molecule has 4 aromatic rings. The van der Waals surface area contributed by atoms with Crippen LogP contribution in [0.1, 0.15) is 31.3 Å². The normalized spacial score (nSPS) is 10.7. The monoisotopic (exact) mass is 401 g/mol. The zero-order valence-corrected chi connectivity index (χ0v) is 16.6. The van der Waals surface area contributed by atoms with Crippen molar-refractivity contribution in [1.82, 2.24) is 10.3 Å². The number of aryl methyl sites for hydroxylation is 1. The minimum Gasteiger partial charge on any atom is -0.346 e. The average Bonchev–Trinajstić information content (AvgIpc) is 3.10. The van der Waals surface area contributed by atoms with E-state index in [0.29, 0.717) is 22.7 Å². The van der Waals surface area contributed by atoms with E-state index in [-0.39, 0.29) is 11.8 Å². The van der Waals surface area contributed by atoms with Gasteiger partial charge in [0.15, 0.2) is 0 Å². The maximum Gasteiger partial charge on any atom is 0.266 e. The Morgan fingerprint density at radius 2 is 1.79 bits per heavy atom. The number of carbonyl (C=O) groups is 2. The largest absolute Gasteiger partial charge is 0.346 e. The van der Waals surface area contributed by atoms with Crippen LogP contribution in [0.2, 0.25) is 0 Å². The van der Waals surface area contributed by atoms with Crippen molar-refractivity contribution >= 4 is 38.9 Å². The molecule has 2 N–H and O–H groups in total. The molecule has 2 aromatic carbocycles. The van der Waals surface area contributed by atoms with Gasteiger partial charge in [0.05, 0.1) is 17.1 Å². The van der Waals surface area contributed by atoms with Crippen molar-refractivity contribution in [2.45, 2.75) is 13.5 Å². The first kappa shape index (κ1) is 18.8. The van der Waals surface area contributed by atoms with E-state index in [1.165, 1.54) is 11.3 Å². The maximum absolute atomic E-state index is 12.8. The van der Waals surface area contributed by atoms with Crippen LogP contribution in [0.4, 0.5) is 5.69 Å². The zero-order chi connectivity index (χ0) is 20.2. The topological polar surface area (TPSA) is 71.1 Å². The lowest BCUT2D eigenvalue weighted by atomic mass is 10.1. The number of hydrogen-bond acceptors (Lipinski definition) is 4. The van der Waals surface area contributed by atoms with Crippen molar-refractivity contribution in [3.8, 4) is 0 Å². The number of thiophene rings is 1.